The first-order valence-corrected chi connectivity index (χ1v) is 8.95. The van der Waals surface area contributed by atoms with Crippen LogP contribution in [0.5, 0.6) is 0 Å². The molecule has 0 amide bonds. The smallest absolute Gasteiger partial charge is 0.278 e. The summed E-state index contributed by atoms with van der Waals surface area (Å²) in [5.74, 6) is 1.79. The Labute approximate surface area is 131 Å². The van der Waals surface area contributed by atoms with Crippen LogP contribution in [-0.2, 0) is 23.7 Å². The van der Waals surface area contributed by atoms with Gasteiger partial charge in [-0.2, -0.15) is 12.7 Å². The molecule has 0 radical (unpaired) electrons. The number of nitrogens with one attached hydrogen (secondary N) is 1. The van der Waals surface area contributed by atoms with Gasteiger partial charge >= 0.3 is 0 Å². The number of imidazole rings is 1. The molecule has 1 fully saturated rings. The number of aryl methyl sites for hydroxylation is 1. The number of hydrogen-bond acceptors (Lipinski definition) is 3. The van der Waals surface area contributed by atoms with E-state index in [-0.39, 0.29) is 0 Å². The molecule has 1 aromatic heterocycles. The summed E-state index contributed by atoms with van der Waals surface area (Å²) in [6, 6.07) is 6.18. The fraction of sp³-hybridized carbons (Fsp3) is 0.533. The van der Waals surface area contributed by atoms with Gasteiger partial charge in [0.15, 0.2) is 0 Å². The second-order valence-electron chi connectivity index (χ2n) is 6.06. The van der Waals surface area contributed by atoms with Crippen molar-refractivity contribution in [3.63, 3.8) is 0 Å². The van der Waals surface area contributed by atoms with E-state index in [1.807, 2.05) is 6.07 Å². The van der Waals surface area contributed by atoms with E-state index < -0.39 is 10.2 Å². The van der Waals surface area contributed by atoms with Gasteiger partial charge in [0.25, 0.3) is 10.2 Å². The first-order valence-electron chi connectivity index (χ1n) is 7.51. The molecule has 0 atom stereocenters. The minimum atomic E-state index is -3.35. The molecule has 3 rings (SSSR count). The van der Waals surface area contributed by atoms with Gasteiger partial charge in [-0.25, -0.2) is 9.71 Å². The highest BCUT2D eigenvalue weighted by molar-refractivity contribution is 7.87. The third-order valence-corrected chi connectivity index (χ3v) is 5.63. The first-order chi connectivity index (χ1) is 10.4. The van der Waals surface area contributed by atoms with E-state index in [2.05, 4.69) is 28.5 Å². The van der Waals surface area contributed by atoms with Crippen LogP contribution >= 0.6 is 0 Å². The Morgan fingerprint density at radius 2 is 2.09 bits per heavy atom. The third-order valence-electron chi connectivity index (χ3n) is 4.10. The summed E-state index contributed by atoms with van der Waals surface area (Å²) in [7, 11) is 1.74. The maximum atomic E-state index is 11.7. The standard InChI is InChI=1S/C15H22N4O2S/c1-18(2)22(20,21)16-9-8-11-4-7-14-13(10-11)17-15(19(14)3)12-5-6-12/h4,7,10,12,16H,5-6,8-9H2,1-3H3. The van der Waals surface area contributed by atoms with Gasteiger partial charge in [-0.15, -0.1) is 0 Å². The van der Waals surface area contributed by atoms with Crippen LogP contribution in [0.4, 0.5) is 0 Å². The van der Waals surface area contributed by atoms with E-state index >= 15 is 0 Å². The van der Waals surface area contributed by atoms with Crippen LogP contribution in [0.15, 0.2) is 18.2 Å². The fourth-order valence-electron chi connectivity index (χ4n) is 2.58. The van der Waals surface area contributed by atoms with Gasteiger partial charge in [0.1, 0.15) is 5.82 Å². The molecule has 6 nitrogen and oxygen atoms in total. The Morgan fingerprint density at radius 1 is 1.36 bits per heavy atom. The molecular formula is C15H22N4O2S. The maximum absolute atomic E-state index is 11.7. The molecule has 2 aromatic rings. The zero-order valence-corrected chi connectivity index (χ0v) is 14.0. The van der Waals surface area contributed by atoms with Gasteiger partial charge in [0, 0.05) is 33.6 Å². The van der Waals surface area contributed by atoms with Gasteiger partial charge in [0.05, 0.1) is 11.0 Å². The Balaban J connectivity index is 1.72. The lowest BCUT2D eigenvalue weighted by Crippen LogP contribution is -2.36. The molecule has 0 bridgehead atoms. The van der Waals surface area contributed by atoms with Crippen LogP contribution in [-0.4, -0.2) is 42.9 Å². The molecule has 0 saturated heterocycles. The summed E-state index contributed by atoms with van der Waals surface area (Å²) in [6.45, 7) is 0.383. The molecule has 1 aliphatic carbocycles. The molecule has 1 saturated carbocycles. The lowest BCUT2D eigenvalue weighted by molar-refractivity contribution is 0.506. The van der Waals surface area contributed by atoms with E-state index in [1.54, 1.807) is 0 Å². The Bertz CT molecular complexity index is 791. The lowest BCUT2D eigenvalue weighted by atomic mass is 10.1. The van der Waals surface area contributed by atoms with Crippen molar-refractivity contribution in [1.29, 1.82) is 0 Å². The van der Waals surface area contributed by atoms with Crippen molar-refractivity contribution >= 4 is 21.2 Å². The second-order valence-corrected chi connectivity index (χ2v) is 8.03. The Morgan fingerprint density at radius 3 is 2.73 bits per heavy atom. The molecule has 1 aromatic carbocycles. The summed E-state index contributed by atoms with van der Waals surface area (Å²) in [5, 5.41) is 0. The van der Waals surface area contributed by atoms with Crippen molar-refractivity contribution in [3.05, 3.63) is 29.6 Å². The predicted molar refractivity (Wildman–Crippen MR) is 87.0 cm³/mol. The fourth-order valence-corrected chi connectivity index (χ4v) is 3.20. The molecule has 1 aliphatic rings. The summed E-state index contributed by atoms with van der Waals surface area (Å²) in [6.07, 6.45) is 3.12. The highest BCUT2D eigenvalue weighted by Crippen LogP contribution is 2.40. The lowest BCUT2D eigenvalue weighted by Gasteiger charge is -2.12. The SMILES string of the molecule is CN(C)S(=O)(=O)NCCc1ccc2c(c1)nc(C1CC1)n2C. The predicted octanol–water partition coefficient (Wildman–Crippen LogP) is 1.39. The largest absolute Gasteiger partial charge is 0.331 e. The highest BCUT2D eigenvalue weighted by Gasteiger charge is 2.28. The summed E-state index contributed by atoms with van der Waals surface area (Å²) < 4.78 is 29.2. The number of rotatable bonds is 6. The minimum Gasteiger partial charge on any atom is -0.331 e. The number of nitrogens with zero attached hydrogens (tertiary/aromatic N) is 3. The summed E-state index contributed by atoms with van der Waals surface area (Å²) in [4.78, 5) is 4.74. The van der Waals surface area contributed by atoms with Gasteiger partial charge < -0.3 is 4.57 Å². The monoisotopic (exact) mass is 322 g/mol. The molecule has 7 heteroatoms. The Kier molecular flexibility index (Phi) is 3.96. The van der Waals surface area contributed by atoms with Gasteiger partial charge in [-0.3, -0.25) is 0 Å². The van der Waals surface area contributed by atoms with Crippen molar-refractivity contribution in [2.24, 2.45) is 7.05 Å². The van der Waals surface area contributed by atoms with Crippen molar-refractivity contribution in [1.82, 2.24) is 18.6 Å². The molecule has 0 aliphatic heterocycles. The second kappa shape index (κ2) is 5.64. The first kappa shape index (κ1) is 15.5. The molecule has 120 valence electrons. The van der Waals surface area contributed by atoms with Gasteiger partial charge in [-0.1, -0.05) is 6.07 Å². The highest BCUT2D eigenvalue weighted by atomic mass is 32.2. The molecule has 22 heavy (non-hydrogen) atoms. The molecule has 0 unspecified atom stereocenters. The van der Waals surface area contributed by atoms with Crippen LogP contribution in [0.3, 0.4) is 0 Å². The van der Waals surface area contributed by atoms with Crippen molar-refractivity contribution in [2.45, 2.75) is 25.2 Å². The number of benzene rings is 1. The van der Waals surface area contributed by atoms with Crippen LogP contribution in [0.25, 0.3) is 11.0 Å². The zero-order chi connectivity index (χ0) is 15.9. The van der Waals surface area contributed by atoms with E-state index in [4.69, 9.17) is 4.98 Å². The molecule has 1 heterocycles. The quantitative estimate of drug-likeness (QED) is 0.874. The number of aromatic nitrogens is 2. The molecule has 1 N–H and O–H groups in total. The van der Waals surface area contributed by atoms with E-state index in [9.17, 15) is 8.42 Å². The summed E-state index contributed by atoms with van der Waals surface area (Å²) >= 11 is 0. The average molecular weight is 322 g/mol. The van der Waals surface area contributed by atoms with E-state index in [0.29, 0.717) is 18.9 Å². The third kappa shape index (κ3) is 3.02. The topological polar surface area (TPSA) is 67.2 Å². The minimum absolute atomic E-state index is 0.383. The molecular weight excluding hydrogens is 300 g/mol. The van der Waals surface area contributed by atoms with Gasteiger partial charge in [-0.05, 0) is 37.0 Å². The van der Waals surface area contributed by atoms with Crippen molar-refractivity contribution in [3.8, 4) is 0 Å². The number of fused-ring (bicyclic) bond motifs is 1. The normalized spacial score (nSPS) is 15.8. The van der Waals surface area contributed by atoms with Gasteiger partial charge in [0.2, 0.25) is 0 Å². The molecule has 0 spiro atoms. The maximum Gasteiger partial charge on any atom is 0.278 e. The van der Waals surface area contributed by atoms with Crippen molar-refractivity contribution in [2.75, 3.05) is 20.6 Å². The Hall–Kier alpha value is -1.44. The van der Waals surface area contributed by atoms with E-state index in [0.717, 1.165) is 16.6 Å². The average Bonchev–Trinajstić information content (AvgIpc) is 3.24. The number of hydrogen-bond donors (Lipinski definition) is 1. The van der Waals surface area contributed by atoms with Crippen molar-refractivity contribution < 1.29 is 8.42 Å². The van der Waals surface area contributed by atoms with Crippen LogP contribution in [0, 0.1) is 0 Å². The summed E-state index contributed by atoms with van der Waals surface area (Å²) in [5.41, 5.74) is 3.23. The van der Waals surface area contributed by atoms with E-state index in [1.165, 1.54) is 37.1 Å². The van der Waals surface area contributed by atoms with Crippen LogP contribution in [0.2, 0.25) is 0 Å². The zero-order valence-electron chi connectivity index (χ0n) is 13.2. The van der Waals surface area contributed by atoms with Crippen LogP contribution < -0.4 is 4.72 Å². The van der Waals surface area contributed by atoms with Crippen LogP contribution in [0.1, 0.15) is 30.1 Å².